The maximum absolute atomic E-state index is 10.6. The van der Waals surface area contributed by atoms with Gasteiger partial charge in [0, 0.05) is 27.5 Å². The van der Waals surface area contributed by atoms with Gasteiger partial charge in [0.25, 0.3) is 0 Å². The summed E-state index contributed by atoms with van der Waals surface area (Å²) >= 11 is 0. The van der Waals surface area contributed by atoms with E-state index in [9.17, 15) is 27.4 Å². The monoisotopic (exact) mass is 870 g/mol. The molecule has 0 saturated carbocycles. The van der Waals surface area contributed by atoms with Crippen molar-refractivity contribution >= 4 is 49.8 Å². The first kappa shape index (κ1) is 17.6. The molecule has 2 nitrogen and oxygen atoms in total. The lowest BCUT2D eigenvalue weighted by molar-refractivity contribution is 0.672. The quantitative estimate of drug-likeness (QED) is 0.151. The summed E-state index contributed by atoms with van der Waals surface area (Å²) in [6, 6.07) is -32.0. The van der Waals surface area contributed by atoms with E-state index in [1.165, 1.54) is 34.6 Å². The average Bonchev–Trinajstić information content (AvgIpc) is 1.64. The number of hydrogen-bond donors (Lipinski definition) is 0. The zero-order chi connectivity index (χ0) is 73.8. The van der Waals surface area contributed by atoms with E-state index in [0.717, 1.165) is 0 Å². The maximum atomic E-state index is 10.6. The molecule has 65 heavy (non-hydrogen) atoms. The molecule has 0 aliphatic heterocycles. The number of nitrogens with zero attached hydrogens (tertiary/aromatic N) is 1. The molecular formula is C63H49NO. The molecule has 10 aromatic carbocycles. The van der Waals surface area contributed by atoms with Crippen molar-refractivity contribution in [3.05, 3.63) is 233 Å². The summed E-state index contributed by atoms with van der Waals surface area (Å²) in [6.45, 7) is 6.85. The zero-order valence-electron chi connectivity index (χ0n) is 68.9. The molecule has 11 aromatic rings. The van der Waals surface area contributed by atoms with Crippen molar-refractivity contribution in [2.45, 2.75) is 34.6 Å². The Morgan fingerprint density at radius 1 is 0.354 bits per heavy atom. The number of aryl methyl sites for hydroxylation is 1. The molecule has 312 valence electrons. The third-order valence-corrected chi connectivity index (χ3v) is 10.8. The summed E-state index contributed by atoms with van der Waals surface area (Å²) in [5.74, 6) is 0. The van der Waals surface area contributed by atoms with Gasteiger partial charge in [-0.1, -0.05) is 163 Å². The van der Waals surface area contributed by atoms with Crippen LogP contribution in [0.1, 0.15) is 74.4 Å². The fourth-order valence-corrected chi connectivity index (χ4v) is 7.49. The molecule has 0 aliphatic rings. The fraction of sp³-hybridized carbons (Fsp3) is 0.0794. The number of furan rings is 1. The second kappa shape index (κ2) is 16.3. The normalized spacial score (nSPS) is 18.8. The van der Waals surface area contributed by atoms with Crippen molar-refractivity contribution in [3.63, 3.8) is 0 Å². The lowest BCUT2D eigenvalue weighted by Crippen LogP contribution is -2.10. The molecule has 0 saturated heterocycles. The number of para-hydroxylation sites is 1. The molecule has 0 unspecified atom stereocenters. The molecule has 0 N–H and O–H groups in total. The number of rotatable bonds is 8. The molecule has 1 aromatic heterocycles. The van der Waals surface area contributed by atoms with Crippen LogP contribution in [-0.2, 0) is 0 Å². The first-order chi connectivity index (χ1) is 46.0. The van der Waals surface area contributed by atoms with Crippen molar-refractivity contribution in [2.75, 3.05) is 4.90 Å². The lowest BCUT2D eigenvalue weighted by atomic mass is 9.84. The highest BCUT2D eigenvalue weighted by molar-refractivity contribution is 6.22. The second-order valence-electron chi connectivity index (χ2n) is 14.8. The van der Waals surface area contributed by atoms with Crippen LogP contribution < -0.4 is 4.90 Å². The van der Waals surface area contributed by atoms with Crippen LogP contribution in [0, 0.1) is 34.6 Å². The minimum atomic E-state index is -1.28. The van der Waals surface area contributed by atoms with Gasteiger partial charge < -0.3 is 9.32 Å². The van der Waals surface area contributed by atoms with Gasteiger partial charge in [0.05, 0.1) is 52.3 Å². The van der Waals surface area contributed by atoms with Crippen LogP contribution >= 0.6 is 0 Å². The highest BCUT2D eigenvalue weighted by Gasteiger charge is 2.24. The molecule has 0 atom stereocenters. The molecular weight excluding hydrogens is 787 g/mol. The lowest BCUT2D eigenvalue weighted by Gasteiger charge is -2.26. The largest absolute Gasteiger partial charge is 0.453 e. The maximum Gasteiger partial charge on any atom is 0.159 e. The molecule has 0 amide bonds. The first-order valence-corrected chi connectivity index (χ1v) is 19.8. The second-order valence-corrected chi connectivity index (χ2v) is 14.8. The van der Waals surface area contributed by atoms with Crippen molar-refractivity contribution in [3.8, 4) is 55.6 Å². The van der Waals surface area contributed by atoms with Gasteiger partial charge in [0.1, 0.15) is 5.58 Å². The highest BCUT2D eigenvalue weighted by atomic mass is 16.3. The van der Waals surface area contributed by atoms with Crippen molar-refractivity contribution in [1.29, 1.82) is 0 Å². The number of anilines is 3. The molecule has 0 radical (unpaired) electrons. The molecule has 0 fully saturated rings. The van der Waals surface area contributed by atoms with E-state index in [0.29, 0.717) is 4.90 Å². The van der Waals surface area contributed by atoms with E-state index in [-0.39, 0.29) is 50.4 Å². The van der Waals surface area contributed by atoms with Gasteiger partial charge in [0.15, 0.2) is 5.58 Å². The molecule has 11 rings (SSSR count). The Hall–Kier alpha value is -7.94. The Morgan fingerprint density at radius 2 is 0.892 bits per heavy atom. The summed E-state index contributed by atoms with van der Waals surface area (Å²) in [4.78, 5) is 0.404. The molecule has 1 heterocycles. The van der Waals surface area contributed by atoms with Gasteiger partial charge >= 0.3 is 0 Å². The Morgan fingerprint density at radius 3 is 1.55 bits per heavy atom. The third kappa shape index (κ3) is 7.09. The highest BCUT2D eigenvalue weighted by Crippen LogP contribution is 2.48. The van der Waals surface area contributed by atoms with E-state index in [2.05, 4.69) is 0 Å². The summed E-state index contributed by atoms with van der Waals surface area (Å²) in [6.07, 6.45) is 0. The van der Waals surface area contributed by atoms with E-state index in [4.69, 9.17) is 23.6 Å². The molecule has 0 aliphatic carbocycles. The number of benzene rings is 10. The van der Waals surface area contributed by atoms with E-state index in [1.807, 2.05) is 0 Å². The number of fused-ring (bicyclic) bond motifs is 5. The van der Waals surface area contributed by atoms with Crippen LogP contribution in [0.4, 0.5) is 17.1 Å². The van der Waals surface area contributed by atoms with E-state index >= 15 is 0 Å². The predicted molar refractivity (Wildman–Crippen MR) is 277 cm³/mol. The van der Waals surface area contributed by atoms with Crippen molar-refractivity contribution in [1.82, 2.24) is 0 Å². The van der Waals surface area contributed by atoms with Crippen LogP contribution in [-0.4, -0.2) is 0 Å². The average molecular weight is 870 g/mol. The standard InChI is InChI=1S/C63H49NO/c1-40-16-12-23-49(36-40)50-37-56(53-24-13-17-41(2)43(53)4)44(5)57(38-50)58-39-59-55-26-15-27-60(62(55)65-63(59)61-42(3)18-14-25-54(58)61)64(51-32-28-47(29-33-51)45-19-8-6-9-20-45)52-34-30-48(31-35-52)46-21-10-7-11-22-46/h6-39H,1-5H3/i6D,7D,8D,9D,10D,11D,12D,13D,14D,15D,16D,17D,18D,19D,20D,21D,22D,23D,24D,25D,26D,27D,28D,29D,30D,31D,32D,33D,34D,35D,36D,37D,38D,39D. The van der Waals surface area contributed by atoms with Crippen molar-refractivity contribution < 1.29 is 51.0 Å². The van der Waals surface area contributed by atoms with E-state index < -0.39 is 288 Å². The summed E-state index contributed by atoms with van der Waals surface area (Å²) in [7, 11) is 0. The Bertz CT molecular complexity index is 5210. The van der Waals surface area contributed by atoms with Crippen LogP contribution in [0.15, 0.2) is 210 Å². The van der Waals surface area contributed by atoms with Crippen LogP contribution in [0.5, 0.6) is 0 Å². The Balaban J connectivity index is 1.40. The molecule has 0 bridgehead atoms. The molecule has 0 spiro atoms. The topological polar surface area (TPSA) is 16.4 Å². The van der Waals surface area contributed by atoms with Gasteiger partial charge in [-0.15, -0.1) is 0 Å². The van der Waals surface area contributed by atoms with Crippen LogP contribution in [0.3, 0.4) is 0 Å². The Labute approximate surface area is 429 Å². The third-order valence-electron chi connectivity index (χ3n) is 10.8. The van der Waals surface area contributed by atoms with E-state index in [1.54, 1.807) is 0 Å². The minimum Gasteiger partial charge on any atom is -0.453 e. The van der Waals surface area contributed by atoms with Gasteiger partial charge in [0.2, 0.25) is 0 Å². The summed E-state index contributed by atoms with van der Waals surface area (Å²) < 4.78 is 321. The Kier molecular flexibility index (Phi) is 4.41. The fourth-order valence-electron chi connectivity index (χ4n) is 7.49. The summed E-state index contributed by atoms with van der Waals surface area (Å²) in [5, 5.41) is -2.21. The molecule has 2 heteroatoms. The first-order valence-electron chi connectivity index (χ1n) is 36.8. The smallest absolute Gasteiger partial charge is 0.159 e. The van der Waals surface area contributed by atoms with Gasteiger partial charge in [-0.2, -0.15) is 0 Å². The minimum absolute atomic E-state index is 0.153. The number of hydrogen-bond acceptors (Lipinski definition) is 2. The zero-order valence-corrected chi connectivity index (χ0v) is 34.9. The van der Waals surface area contributed by atoms with Gasteiger partial charge in [-0.05, 0) is 166 Å². The predicted octanol–water partition coefficient (Wildman–Crippen LogP) is 18.1. The SMILES string of the molecule is [2H]c1c([2H])c([2H])c(-c2c([2H])c([2H])c(N(c3c([2H])c([2H])c(-c4c([2H])c([2H])c([2H])c([2H])c4[2H])c([2H])c3[2H])c3c([2H])c([2H])c([2H])c4c3oc3c5c(C)c([2H])c([2H])c([2H])c5c(-c5c([2H])c(-c6c([2H])c([2H])c([2H])c(C)c6[2H])c([2H])c(-c6c([2H])c([2H])c([2H])c(C)c6C)c5C)c([2H])c34)c([2H])c2[2H])c([2H])c1[2H]. The van der Waals surface area contributed by atoms with Crippen LogP contribution in [0.25, 0.3) is 88.3 Å². The van der Waals surface area contributed by atoms with Gasteiger partial charge in [-0.25, -0.2) is 0 Å². The summed E-state index contributed by atoms with van der Waals surface area (Å²) in [5.41, 5.74) is -11.5. The van der Waals surface area contributed by atoms with Crippen molar-refractivity contribution in [2.24, 2.45) is 0 Å². The van der Waals surface area contributed by atoms with Gasteiger partial charge in [-0.3, -0.25) is 0 Å². The van der Waals surface area contributed by atoms with Crippen LogP contribution in [0.2, 0.25) is 0 Å².